The van der Waals surface area contributed by atoms with Gasteiger partial charge in [0.05, 0.1) is 15.9 Å². The lowest BCUT2D eigenvalue weighted by Gasteiger charge is -2.27. The Hall–Kier alpha value is -0.430. The molecule has 0 atom stereocenters. The third kappa shape index (κ3) is 4.28. The molecule has 0 amide bonds. The first-order valence-electron chi connectivity index (χ1n) is 7.98. The van der Waals surface area contributed by atoms with Crippen LogP contribution in [0.2, 0.25) is 0 Å². The minimum Gasteiger partial charge on any atom is -0.378 e. The van der Waals surface area contributed by atoms with Crippen LogP contribution in [-0.4, -0.2) is 23.6 Å². The van der Waals surface area contributed by atoms with E-state index in [1.54, 1.807) is 7.11 Å². The van der Waals surface area contributed by atoms with Crippen molar-refractivity contribution in [2.45, 2.75) is 58.5 Å². The van der Waals surface area contributed by atoms with E-state index in [9.17, 15) is 0 Å². The van der Waals surface area contributed by atoms with E-state index in [-0.39, 0.29) is 0 Å². The number of hydrogen-bond donors (Lipinski definition) is 1. The van der Waals surface area contributed by atoms with Crippen molar-refractivity contribution >= 4 is 28.4 Å². The number of hydrogen-bond acceptors (Lipinski definition) is 4. The Balaban J connectivity index is 2.22. The molecule has 0 spiro atoms. The Morgan fingerprint density at radius 3 is 2.48 bits per heavy atom. The van der Waals surface area contributed by atoms with E-state index in [4.69, 9.17) is 14.7 Å². The monoisotopic (exact) mass is 403 g/mol. The summed E-state index contributed by atoms with van der Waals surface area (Å²) in [7, 11) is 1.72. The summed E-state index contributed by atoms with van der Waals surface area (Å²) in [6.07, 6.45) is 6.37. The quantitative estimate of drug-likeness (QED) is 0.718. The Kier molecular flexibility index (Phi) is 6.67. The maximum absolute atomic E-state index is 5.30. The smallest absolute Gasteiger partial charge is 0.143 e. The summed E-state index contributed by atoms with van der Waals surface area (Å²) in [5.74, 6) is 3.38. The van der Waals surface area contributed by atoms with Crippen LogP contribution in [0.25, 0.3) is 0 Å². The molecule has 0 radical (unpaired) electrons. The van der Waals surface area contributed by atoms with Crippen molar-refractivity contribution in [2.75, 3.05) is 19.0 Å². The second kappa shape index (κ2) is 8.27. The number of halogens is 1. The van der Waals surface area contributed by atoms with Crippen molar-refractivity contribution in [3.63, 3.8) is 0 Å². The van der Waals surface area contributed by atoms with Crippen LogP contribution < -0.4 is 5.32 Å². The second-order valence-electron chi connectivity index (χ2n) is 5.78. The minimum absolute atomic E-state index is 0.512. The van der Waals surface area contributed by atoms with E-state index in [0.29, 0.717) is 12.5 Å². The lowest BCUT2D eigenvalue weighted by molar-refractivity contribution is 0.180. The number of anilines is 1. The summed E-state index contributed by atoms with van der Waals surface area (Å²) in [4.78, 5) is 9.59. The van der Waals surface area contributed by atoms with Crippen LogP contribution in [0, 0.1) is 9.49 Å². The maximum Gasteiger partial charge on any atom is 0.143 e. The van der Waals surface area contributed by atoms with Gasteiger partial charge in [-0.25, -0.2) is 9.97 Å². The highest BCUT2D eigenvalue weighted by Crippen LogP contribution is 2.36. The zero-order valence-electron chi connectivity index (χ0n) is 13.3. The van der Waals surface area contributed by atoms with Gasteiger partial charge in [-0.3, -0.25) is 0 Å². The molecule has 1 aliphatic rings. The molecular weight excluding hydrogens is 377 g/mol. The largest absolute Gasteiger partial charge is 0.378 e. The van der Waals surface area contributed by atoms with Gasteiger partial charge in [-0.15, -0.1) is 0 Å². The van der Waals surface area contributed by atoms with Gasteiger partial charge >= 0.3 is 0 Å². The molecule has 0 bridgehead atoms. The zero-order chi connectivity index (χ0) is 15.2. The summed E-state index contributed by atoms with van der Waals surface area (Å²) >= 11 is 2.32. The van der Waals surface area contributed by atoms with Gasteiger partial charge in [0.2, 0.25) is 0 Å². The molecule has 1 aromatic heterocycles. The molecule has 1 fully saturated rings. The third-order valence-electron chi connectivity index (χ3n) is 4.35. The Morgan fingerprint density at radius 1 is 1.19 bits per heavy atom. The van der Waals surface area contributed by atoms with Crippen molar-refractivity contribution in [1.82, 2.24) is 9.97 Å². The number of nitrogens with zero attached hydrogens (tertiary/aromatic N) is 2. The fraction of sp³-hybridized carbons (Fsp3) is 0.750. The molecule has 0 unspecified atom stereocenters. The number of aromatic nitrogens is 2. The van der Waals surface area contributed by atoms with Gasteiger partial charge in [0.15, 0.2) is 0 Å². The fourth-order valence-corrected chi connectivity index (χ4v) is 3.63. The van der Waals surface area contributed by atoms with Crippen molar-refractivity contribution in [3.8, 4) is 0 Å². The molecule has 0 saturated heterocycles. The van der Waals surface area contributed by atoms with Crippen LogP contribution >= 0.6 is 22.6 Å². The molecular formula is C16H26IN3O. The summed E-state index contributed by atoms with van der Waals surface area (Å²) < 4.78 is 6.38. The van der Waals surface area contributed by atoms with Crippen LogP contribution in [0.3, 0.4) is 0 Å². The molecule has 1 heterocycles. The van der Waals surface area contributed by atoms with Gasteiger partial charge in [0.1, 0.15) is 11.6 Å². The second-order valence-corrected chi connectivity index (χ2v) is 6.86. The fourth-order valence-electron chi connectivity index (χ4n) is 3.04. The molecule has 0 aromatic carbocycles. The Bertz CT molecular complexity index is 432. The average Bonchev–Trinajstić information content (AvgIpc) is 2.51. The highest BCUT2D eigenvalue weighted by Gasteiger charge is 2.25. The molecule has 1 N–H and O–H groups in total. The SMILES string of the molecule is CCNc1nc(C2CCC(CC)CC2)nc(COC)c1I. The predicted molar refractivity (Wildman–Crippen MR) is 94.6 cm³/mol. The molecule has 5 heteroatoms. The molecule has 21 heavy (non-hydrogen) atoms. The number of methoxy groups -OCH3 is 1. The lowest BCUT2D eigenvalue weighted by atomic mass is 9.80. The zero-order valence-corrected chi connectivity index (χ0v) is 15.4. The van der Waals surface area contributed by atoms with Gasteiger partial charge in [-0.1, -0.05) is 13.3 Å². The Labute approximate surface area is 141 Å². The molecule has 1 aliphatic carbocycles. The molecule has 4 nitrogen and oxygen atoms in total. The average molecular weight is 403 g/mol. The van der Waals surface area contributed by atoms with E-state index in [1.807, 2.05) is 0 Å². The van der Waals surface area contributed by atoms with Gasteiger partial charge in [-0.2, -0.15) is 0 Å². The van der Waals surface area contributed by atoms with Crippen LogP contribution in [0.4, 0.5) is 5.82 Å². The van der Waals surface area contributed by atoms with E-state index >= 15 is 0 Å². The first kappa shape index (κ1) is 16.9. The molecule has 1 saturated carbocycles. The maximum atomic E-state index is 5.30. The Morgan fingerprint density at radius 2 is 1.90 bits per heavy atom. The van der Waals surface area contributed by atoms with Crippen LogP contribution in [0.15, 0.2) is 0 Å². The van der Waals surface area contributed by atoms with Crippen molar-refractivity contribution < 1.29 is 4.74 Å². The van der Waals surface area contributed by atoms with Gasteiger partial charge < -0.3 is 10.1 Å². The van der Waals surface area contributed by atoms with Gasteiger partial charge in [-0.05, 0) is 61.1 Å². The molecule has 1 aromatic rings. The normalized spacial score (nSPS) is 22.3. The highest BCUT2D eigenvalue weighted by atomic mass is 127. The summed E-state index contributed by atoms with van der Waals surface area (Å²) in [5.41, 5.74) is 1.01. The summed E-state index contributed by atoms with van der Waals surface area (Å²) in [5, 5.41) is 3.36. The van der Waals surface area contributed by atoms with E-state index in [2.05, 4.69) is 41.8 Å². The van der Waals surface area contributed by atoms with Crippen molar-refractivity contribution in [1.29, 1.82) is 0 Å². The van der Waals surface area contributed by atoms with Gasteiger partial charge in [0.25, 0.3) is 0 Å². The number of nitrogens with one attached hydrogen (secondary N) is 1. The van der Waals surface area contributed by atoms with E-state index in [0.717, 1.165) is 33.4 Å². The van der Waals surface area contributed by atoms with Crippen molar-refractivity contribution in [2.24, 2.45) is 5.92 Å². The minimum atomic E-state index is 0.512. The summed E-state index contributed by atoms with van der Waals surface area (Å²) in [6, 6.07) is 0. The van der Waals surface area contributed by atoms with Crippen LogP contribution in [0.1, 0.15) is 63.4 Å². The molecule has 0 aliphatic heterocycles. The van der Waals surface area contributed by atoms with E-state index < -0.39 is 0 Å². The standard InChI is InChI=1S/C16H26IN3O/c1-4-11-6-8-12(9-7-11)15-19-13(10-21-3)14(17)16(20-15)18-5-2/h11-12H,4-10H2,1-3H3,(H,18,19,20). The number of rotatable bonds is 6. The third-order valence-corrected chi connectivity index (χ3v) is 5.49. The van der Waals surface area contributed by atoms with Crippen LogP contribution in [0.5, 0.6) is 0 Å². The lowest BCUT2D eigenvalue weighted by Crippen LogP contribution is -2.17. The molecule has 118 valence electrons. The molecule has 2 rings (SSSR count). The van der Waals surface area contributed by atoms with Crippen LogP contribution in [-0.2, 0) is 11.3 Å². The topological polar surface area (TPSA) is 47.0 Å². The first-order valence-corrected chi connectivity index (χ1v) is 9.06. The summed E-state index contributed by atoms with van der Waals surface area (Å²) in [6.45, 7) is 5.82. The van der Waals surface area contributed by atoms with E-state index in [1.165, 1.54) is 32.1 Å². The number of ether oxygens (including phenoxy) is 1. The first-order chi connectivity index (χ1) is 10.2. The van der Waals surface area contributed by atoms with Crippen molar-refractivity contribution in [3.05, 3.63) is 15.1 Å². The van der Waals surface area contributed by atoms with Gasteiger partial charge in [0, 0.05) is 19.6 Å². The highest BCUT2D eigenvalue weighted by molar-refractivity contribution is 14.1. The predicted octanol–water partition coefficient (Wildman–Crippen LogP) is 4.34.